The molecule has 2 aromatic rings. The molecule has 0 saturated carbocycles. The van der Waals surface area contributed by atoms with E-state index in [9.17, 15) is 13.2 Å². The molecule has 1 fully saturated rings. The summed E-state index contributed by atoms with van der Waals surface area (Å²) in [6.45, 7) is 5.78. The van der Waals surface area contributed by atoms with Crippen LogP contribution in [0, 0.1) is 20.8 Å². The van der Waals surface area contributed by atoms with Gasteiger partial charge < -0.3 is 5.32 Å². The van der Waals surface area contributed by atoms with Gasteiger partial charge in [0.15, 0.2) is 9.84 Å². The molecule has 1 aliphatic heterocycles. The third-order valence-electron chi connectivity index (χ3n) is 4.42. The minimum absolute atomic E-state index is 0.0701. The Morgan fingerprint density at radius 1 is 1.21 bits per heavy atom. The molecule has 2 heterocycles. The number of rotatable bonds is 3. The first-order valence-electron chi connectivity index (χ1n) is 7.90. The monoisotopic (exact) mass is 347 g/mol. The molecule has 1 aromatic carbocycles. The first-order chi connectivity index (χ1) is 11.2. The second kappa shape index (κ2) is 6.05. The van der Waals surface area contributed by atoms with Gasteiger partial charge in [-0.1, -0.05) is 6.07 Å². The maximum atomic E-state index is 12.5. The second-order valence-corrected chi connectivity index (χ2v) is 8.65. The van der Waals surface area contributed by atoms with Crippen LogP contribution < -0.4 is 5.32 Å². The smallest absolute Gasteiger partial charge is 0.256 e. The lowest BCUT2D eigenvalue weighted by Crippen LogP contribution is -2.19. The van der Waals surface area contributed by atoms with Crippen molar-refractivity contribution < 1.29 is 13.2 Å². The van der Waals surface area contributed by atoms with E-state index in [4.69, 9.17) is 0 Å². The van der Waals surface area contributed by atoms with Crippen LogP contribution in [-0.2, 0) is 9.84 Å². The van der Waals surface area contributed by atoms with Crippen LogP contribution in [0.5, 0.6) is 0 Å². The number of anilines is 1. The Kier molecular flexibility index (Phi) is 4.21. The molecule has 0 spiro atoms. The van der Waals surface area contributed by atoms with Crippen LogP contribution in [0.25, 0.3) is 0 Å². The lowest BCUT2D eigenvalue weighted by molar-refractivity contribution is 0.102. The zero-order valence-corrected chi connectivity index (χ0v) is 14.9. The molecule has 1 N–H and O–H groups in total. The Hall–Kier alpha value is -2.15. The zero-order chi connectivity index (χ0) is 17.5. The largest absolute Gasteiger partial charge is 0.307 e. The van der Waals surface area contributed by atoms with Crippen molar-refractivity contribution in [2.24, 2.45) is 0 Å². The number of hydrogen-bond donors (Lipinski definition) is 1. The molecule has 0 bridgehead atoms. The summed E-state index contributed by atoms with van der Waals surface area (Å²) in [6, 6.07) is 7.09. The van der Waals surface area contributed by atoms with Crippen molar-refractivity contribution >= 4 is 21.6 Å². The van der Waals surface area contributed by atoms with Gasteiger partial charge in [-0.05, 0) is 50.5 Å². The normalized spacial score (nSPS) is 19.4. The van der Waals surface area contributed by atoms with Gasteiger partial charge in [-0.15, -0.1) is 0 Å². The van der Waals surface area contributed by atoms with Gasteiger partial charge in [-0.2, -0.15) is 5.10 Å². The minimum Gasteiger partial charge on any atom is -0.307 e. The predicted octanol–water partition coefficient (Wildman–Crippen LogP) is 2.42. The number of carbonyl (C=O) groups is 1. The molecule has 1 amide bonds. The molecule has 1 aliphatic rings. The molecular formula is C17H21N3O3S. The molecule has 1 unspecified atom stereocenters. The lowest BCUT2D eigenvalue weighted by Gasteiger charge is -2.14. The average molecular weight is 347 g/mol. The maximum absolute atomic E-state index is 12.5. The highest BCUT2D eigenvalue weighted by Crippen LogP contribution is 2.27. The SMILES string of the molecule is Cc1cc(NC(=O)c2ccc(C)c(C)c2)n(C2CCS(=O)(=O)C2)n1. The number of nitrogens with one attached hydrogen (secondary N) is 1. The summed E-state index contributed by atoms with van der Waals surface area (Å²) in [6.07, 6.45) is 0.524. The van der Waals surface area contributed by atoms with E-state index in [1.807, 2.05) is 32.9 Å². The third-order valence-corrected chi connectivity index (χ3v) is 6.17. The molecule has 0 radical (unpaired) electrons. The van der Waals surface area contributed by atoms with E-state index in [-0.39, 0.29) is 23.5 Å². The molecule has 0 aliphatic carbocycles. The molecule has 3 rings (SSSR count). The van der Waals surface area contributed by atoms with E-state index in [0.29, 0.717) is 17.8 Å². The van der Waals surface area contributed by atoms with Gasteiger partial charge in [0.05, 0.1) is 23.2 Å². The van der Waals surface area contributed by atoms with Crippen molar-refractivity contribution in [3.8, 4) is 0 Å². The molecule has 24 heavy (non-hydrogen) atoms. The molecule has 1 atom stereocenters. The van der Waals surface area contributed by atoms with E-state index in [2.05, 4.69) is 10.4 Å². The molecule has 1 aromatic heterocycles. The average Bonchev–Trinajstić information content (AvgIpc) is 3.04. The van der Waals surface area contributed by atoms with Crippen LogP contribution in [0.15, 0.2) is 24.3 Å². The summed E-state index contributed by atoms with van der Waals surface area (Å²) in [7, 11) is -3.02. The van der Waals surface area contributed by atoms with Crippen molar-refractivity contribution in [3.63, 3.8) is 0 Å². The van der Waals surface area contributed by atoms with Gasteiger partial charge in [0.25, 0.3) is 5.91 Å². The first-order valence-corrected chi connectivity index (χ1v) is 9.72. The summed E-state index contributed by atoms with van der Waals surface area (Å²) in [5.74, 6) is 0.555. The van der Waals surface area contributed by atoms with Crippen molar-refractivity contribution in [2.75, 3.05) is 16.8 Å². The number of aromatic nitrogens is 2. The van der Waals surface area contributed by atoms with Gasteiger partial charge in [-0.3, -0.25) is 4.79 Å². The molecule has 6 nitrogen and oxygen atoms in total. The Bertz CT molecular complexity index is 900. The second-order valence-electron chi connectivity index (χ2n) is 6.43. The number of aryl methyl sites for hydroxylation is 3. The maximum Gasteiger partial charge on any atom is 0.256 e. The Labute approximate surface area is 141 Å². The van der Waals surface area contributed by atoms with Crippen LogP contribution in [0.4, 0.5) is 5.82 Å². The van der Waals surface area contributed by atoms with Crippen molar-refractivity contribution in [2.45, 2.75) is 33.2 Å². The lowest BCUT2D eigenvalue weighted by atomic mass is 10.1. The fraction of sp³-hybridized carbons (Fsp3) is 0.412. The fourth-order valence-corrected chi connectivity index (χ4v) is 4.62. The van der Waals surface area contributed by atoms with Crippen LogP contribution in [0.3, 0.4) is 0 Å². The van der Waals surface area contributed by atoms with E-state index >= 15 is 0 Å². The quantitative estimate of drug-likeness (QED) is 0.924. The molecule has 7 heteroatoms. The zero-order valence-electron chi connectivity index (χ0n) is 14.0. The van der Waals surface area contributed by atoms with Gasteiger partial charge in [0.2, 0.25) is 0 Å². The Morgan fingerprint density at radius 3 is 2.58 bits per heavy atom. The summed E-state index contributed by atoms with van der Waals surface area (Å²) in [4.78, 5) is 12.5. The van der Waals surface area contributed by atoms with Gasteiger partial charge in [-0.25, -0.2) is 13.1 Å². The summed E-state index contributed by atoms with van der Waals surface area (Å²) in [5.41, 5.74) is 3.50. The first kappa shape index (κ1) is 16.7. The molecule has 1 saturated heterocycles. The Balaban J connectivity index is 1.85. The van der Waals surface area contributed by atoms with Gasteiger partial charge >= 0.3 is 0 Å². The topological polar surface area (TPSA) is 81.1 Å². The number of hydrogen-bond acceptors (Lipinski definition) is 4. The van der Waals surface area contributed by atoms with Crippen molar-refractivity contribution in [3.05, 3.63) is 46.6 Å². The highest BCUT2D eigenvalue weighted by molar-refractivity contribution is 7.91. The van der Waals surface area contributed by atoms with Gasteiger partial charge in [0, 0.05) is 11.6 Å². The van der Waals surface area contributed by atoms with Gasteiger partial charge in [0.1, 0.15) is 5.82 Å². The number of amides is 1. The van der Waals surface area contributed by atoms with Crippen LogP contribution >= 0.6 is 0 Å². The van der Waals surface area contributed by atoms with Crippen molar-refractivity contribution in [1.82, 2.24) is 9.78 Å². The summed E-state index contributed by atoms with van der Waals surface area (Å²) >= 11 is 0. The fourth-order valence-electron chi connectivity index (χ4n) is 2.93. The van der Waals surface area contributed by atoms with Crippen LogP contribution in [-0.4, -0.2) is 35.6 Å². The number of nitrogens with zero attached hydrogens (tertiary/aromatic N) is 2. The number of benzene rings is 1. The van der Waals surface area contributed by atoms with Crippen LogP contribution in [0.1, 0.15) is 39.6 Å². The van der Waals surface area contributed by atoms with E-state index < -0.39 is 9.84 Å². The summed E-state index contributed by atoms with van der Waals surface area (Å²) in [5, 5.41) is 7.24. The minimum atomic E-state index is -3.02. The van der Waals surface area contributed by atoms with E-state index in [1.54, 1.807) is 16.8 Å². The number of sulfone groups is 1. The van der Waals surface area contributed by atoms with E-state index in [1.165, 1.54) is 0 Å². The number of carbonyl (C=O) groups excluding carboxylic acids is 1. The highest BCUT2D eigenvalue weighted by atomic mass is 32.2. The van der Waals surface area contributed by atoms with Crippen LogP contribution in [0.2, 0.25) is 0 Å². The van der Waals surface area contributed by atoms with Crippen molar-refractivity contribution in [1.29, 1.82) is 0 Å². The Morgan fingerprint density at radius 2 is 1.96 bits per heavy atom. The third kappa shape index (κ3) is 3.36. The highest BCUT2D eigenvalue weighted by Gasteiger charge is 2.31. The predicted molar refractivity (Wildman–Crippen MR) is 93.1 cm³/mol. The molecule has 128 valence electrons. The summed E-state index contributed by atoms with van der Waals surface area (Å²) < 4.78 is 25.1. The van der Waals surface area contributed by atoms with E-state index in [0.717, 1.165) is 16.8 Å². The standard InChI is InChI=1S/C17H21N3O3S/c1-11-4-5-14(8-12(11)2)17(21)18-16-9-13(3)19-20(16)15-6-7-24(22,23)10-15/h4-5,8-9,15H,6-7,10H2,1-3H3,(H,18,21). The molecular weight excluding hydrogens is 326 g/mol.